The molecular formula is C19H23N5OS. The highest BCUT2D eigenvalue weighted by molar-refractivity contribution is 7.16. The normalized spacial score (nSPS) is 10.9. The number of nitrogens with zero attached hydrogens (tertiary/aromatic N) is 2. The molecule has 0 aliphatic carbocycles. The fourth-order valence-electron chi connectivity index (χ4n) is 2.55. The number of pyridine rings is 1. The van der Waals surface area contributed by atoms with Crippen LogP contribution in [0.3, 0.4) is 0 Å². The summed E-state index contributed by atoms with van der Waals surface area (Å²) >= 11 is 1.60. The predicted molar refractivity (Wildman–Crippen MR) is 109 cm³/mol. The Morgan fingerprint density at radius 1 is 1.23 bits per heavy atom. The number of fused-ring (bicyclic) bond motifs is 1. The smallest absolute Gasteiger partial charge is 0.254 e. The molecule has 26 heavy (non-hydrogen) atoms. The monoisotopic (exact) mass is 369 g/mol. The molecule has 0 fully saturated rings. The van der Waals surface area contributed by atoms with E-state index in [4.69, 9.17) is 0 Å². The molecule has 7 heteroatoms. The molecule has 3 rings (SSSR count). The Labute approximate surface area is 157 Å². The summed E-state index contributed by atoms with van der Waals surface area (Å²) in [5.41, 5.74) is 5.08. The minimum absolute atomic E-state index is 0.111. The lowest BCUT2D eigenvalue weighted by molar-refractivity contribution is 0.0954. The van der Waals surface area contributed by atoms with Gasteiger partial charge in [0.2, 0.25) is 0 Å². The van der Waals surface area contributed by atoms with Gasteiger partial charge in [0.05, 0.1) is 27.0 Å². The Bertz CT molecular complexity index is 906. The number of aromatic nitrogens is 2. The van der Waals surface area contributed by atoms with E-state index in [0.29, 0.717) is 17.9 Å². The molecule has 0 saturated heterocycles. The minimum Gasteiger partial charge on any atom is -0.382 e. The molecule has 3 N–H and O–H groups in total. The average Bonchev–Trinajstić information content (AvgIpc) is 3.07. The van der Waals surface area contributed by atoms with Gasteiger partial charge in [0, 0.05) is 30.5 Å². The van der Waals surface area contributed by atoms with Crippen LogP contribution in [-0.4, -0.2) is 28.5 Å². The van der Waals surface area contributed by atoms with Crippen molar-refractivity contribution in [3.63, 3.8) is 0 Å². The predicted octanol–water partition coefficient (Wildman–Crippen LogP) is 4.40. The summed E-state index contributed by atoms with van der Waals surface area (Å²) in [6, 6.07) is 8.08. The van der Waals surface area contributed by atoms with Crippen molar-refractivity contribution in [2.24, 2.45) is 0 Å². The fourth-order valence-corrected chi connectivity index (χ4v) is 3.27. The topological polar surface area (TPSA) is 78.9 Å². The van der Waals surface area contributed by atoms with Crippen LogP contribution >= 0.6 is 11.3 Å². The molecule has 136 valence electrons. The molecule has 0 radical (unpaired) electrons. The zero-order chi connectivity index (χ0) is 18.5. The summed E-state index contributed by atoms with van der Waals surface area (Å²) < 4.78 is 1.12. The van der Waals surface area contributed by atoms with Crippen molar-refractivity contribution >= 4 is 44.7 Å². The molecule has 0 saturated carbocycles. The molecule has 0 aliphatic heterocycles. The first-order valence-electron chi connectivity index (χ1n) is 8.72. The Balaban J connectivity index is 1.86. The summed E-state index contributed by atoms with van der Waals surface area (Å²) in [6.07, 6.45) is 2.51. The molecule has 6 nitrogen and oxygen atoms in total. The van der Waals surface area contributed by atoms with Crippen LogP contribution in [0, 0.1) is 0 Å². The van der Waals surface area contributed by atoms with Crippen LogP contribution in [0.1, 0.15) is 37.6 Å². The molecule has 2 heterocycles. The number of rotatable bonds is 7. The van der Waals surface area contributed by atoms with Gasteiger partial charge in [-0.2, -0.15) is 0 Å². The first-order valence-corrected chi connectivity index (χ1v) is 9.60. The van der Waals surface area contributed by atoms with E-state index < -0.39 is 0 Å². The van der Waals surface area contributed by atoms with E-state index in [1.54, 1.807) is 17.5 Å². The Morgan fingerprint density at radius 3 is 2.85 bits per heavy atom. The lowest BCUT2D eigenvalue weighted by Crippen LogP contribution is -2.26. The summed E-state index contributed by atoms with van der Waals surface area (Å²) in [4.78, 5) is 21.1. The van der Waals surface area contributed by atoms with Gasteiger partial charge >= 0.3 is 0 Å². The molecule has 0 bridgehead atoms. The molecule has 0 unspecified atom stereocenters. The summed E-state index contributed by atoms with van der Waals surface area (Å²) in [7, 11) is 0. The van der Waals surface area contributed by atoms with Gasteiger partial charge in [-0.05, 0) is 38.5 Å². The molecule has 1 amide bonds. The van der Waals surface area contributed by atoms with Crippen LogP contribution in [0.4, 0.5) is 17.2 Å². The maximum Gasteiger partial charge on any atom is 0.254 e. The first kappa shape index (κ1) is 18.1. The van der Waals surface area contributed by atoms with E-state index in [0.717, 1.165) is 28.0 Å². The lowest BCUT2D eigenvalue weighted by Gasteiger charge is -2.16. The van der Waals surface area contributed by atoms with E-state index in [2.05, 4.69) is 25.9 Å². The van der Waals surface area contributed by atoms with Gasteiger partial charge in [0.25, 0.3) is 5.91 Å². The molecule has 0 aliphatic rings. The zero-order valence-electron chi connectivity index (χ0n) is 15.2. The van der Waals surface area contributed by atoms with Crippen LogP contribution in [0.25, 0.3) is 10.2 Å². The van der Waals surface area contributed by atoms with Gasteiger partial charge < -0.3 is 16.0 Å². The second-order valence-electron chi connectivity index (χ2n) is 6.33. The highest BCUT2D eigenvalue weighted by Gasteiger charge is 2.14. The molecule has 2 aromatic heterocycles. The number of carbonyl (C=O) groups excluding carboxylic acids is 1. The van der Waals surface area contributed by atoms with Crippen molar-refractivity contribution in [3.8, 4) is 0 Å². The van der Waals surface area contributed by atoms with E-state index >= 15 is 0 Å². The van der Waals surface area contributed by atoms with Crippen molar-refractivity contribution in [2.75, 3.05) is 17.2 Å². The maximum atomic E-state index is 12.4. The van der Waals surface area contributed by atoms with Crippen LogP contribution in [0.15, 0.2) is 36.0 Å². The number of benzene rings is 1. The van der Waals surface area contributed by atoms with E-state index in [1.165, 1.54) is 0 Å². The van der Waals surface area contributed by atoms with E-state index in [-0.39, 0.29) is 11.9 Å². The van der Waals surface area contributed by atoms with Gasteiger partial charge in [-0.25, -0.2) is 9.97 Å². The minimum atomic E-state index is -0.111. The zero-order valence-corrected chi connectivity index (χ0v) is 16.0. The van der Waals surface area contributed by atoms with Gasteiger partial charge in [-0.15, -0.1) is 11.3 Å². The first-order chi connectivity index (χ1) is 12.6. The van der Waals surface area contributed by atoms with Crippen LogP contribution in [0.5, 0.6) is 0 Å². The SMILES string of the molecule is CCCNC(=O)c1cnc(Nc2ccc3ncsc3c2)cc1NC(C)C. The van der Waals surface area contributed by atoms with Gasteiger partial charge in [0.1, 0.15) is 5.82 Å². The molecule has 3 aromatic rings. The Morgan fingerprint density at radius 2 is 2.08 bits per heavy atom. The van der Waals surface area contributed by atoms with Crippen molar-refractivity contribution in [1.82, 2.24) is 15.3 Å². The molecule has 1 aromatic carbocycles. The van der Waals surface area contributed by atoms with Crippen LogP contribution < -0.4 is 16.0 Å². The van der Waals surface area contributed by atoms with Gasteiger partial charge in [-0.3, -0.25) is 4.79 Å². The van der Waals surface area contributed by atoms with Gasteiger partial charge in [-0.1, -0.05) is 6.92 Å². The van der Waals surface area contributed by atoms with Crippen LogP contribution in [0.2, 0.25) is 0 Å². The highest BCUT2D eigenvalue weighted by Crippen LogP contribution is 2.26. The fraction of sp³-hybridized carbons (Fsp3) is 0.316. The summed E-state index contributed by atoms with van der Waals surface area (Å²) in [5.74, 6) is 0.573. The van der Waals surface area contributed by atoms with Gasteiger partial charge in [0.15, 0.2) is 0 Å². The quantitative estimate of drug-likeness (QED) is 0.575. The standard InChI is InChI=1S/C19H23N5OS/c1-4-7-20-19(25)14-10-21-18(9-16(14)23-12(2)3)24-13-5-6-15-17(8-13)26-11-22-15/h5-6,8-12H,4,7H2,1-3H3,(H,20,25)(H2,21,23,24). The molecule has 0 spiro atoms. The molecular weight excluding hydrogens is 346 g/mol. The van der Waals surface area contributed by atoms with E-state index in [1.807, 2.05) is 50.5 Å². The highest BCUT2D eigenvalue weighted by atomic mass is 32.1. The Hall–Kier alpha value is -2.67. The number of carbonyl (C=O) groups is 1. The number of anilines is 3. The Kier molecular flexibility index (Phi) is 5.68. The number of hydrogen-bond acceptors (Lipinski definition) is 6. The number of amides is 1. The largest absolute Gasteiger partial charge is 0.382 e. The number of hydrogen-bond donors (Lipinski definition) is 3. The van der Waals surface area contributed by atoms with Crippen molar-refractivity contribution in [3.05, 3.63) is 41.5 Å². The number of thiazole rings is 1. The average molecular weight is 369 g/mol. The third-order valence-corrected chi connectivity index (χ3v) is 4.52. The van der Waals surface area contributed by atoms with E-state index in [9.17, 15) is 4.79 Å². The third kappa shape index (κ3) is 4.29. The summed E-state index contributed by atoms with van der Waals surface area (Å²) in [6.45, 7) is 6.76. The van der Waals surface area contributed by atoms with Crippen LogP contribution in [-0.2, 0) is 0 Å². The second-order valence-corrected chi connectivity index (χ2v) is 7.22. The summed E-state index contributed by atoms with van der Waals surface area (Å²) in [5, 5.41) is 9.54. The lowest BCUT2D eigenvalue weighted by atomic mass is 10.2. The number of nitrogens with one attached hydrogen (secondary N) is 3. The maximum absolute atomic E-state index is 12.4. The third-order valence-electron chi connectivity index (χ3n) is 3.73. The second kappa shape index (κ2) is 8.14. The van der Waals surface area contributed by atoms with Crippen molar-refractivity contribution < 1.29 is 4.79 Å². The van der Waals surface area contributed by atoms with Crippen molar-refractivity contribution in [1.29, 1.82) is 0 Å². The molecule has 0 atom stereocenters. The van der Waals surface area contributed by atoms with Crippen molar-refractivity contribution in [2.45, 2.75) is 33.2 Å².